The highest BCUT2D eigenvalue weighted by molar-refractivity contribution is 5.18. The molecule has 1 aromatic carbocycles. The molecule has 2 nitrogen and oxygen atoms in total. The molecule has 2 aromatic rings. The molecule has 18 heavy (non-hydrogen) atoms. The topological polar surface area (TPSA) is 33.1 Å². The number of aliphatic hydroxyl groups is 1. The van der Waals surface area contributed by atoms with Crippen LogP contribution in [0.5, 0.6) is 0 Å². The lowest BCUT2D eigenvalue weighted by atomic mass is 10.0. The minimum atomic E-state index is -0.538. The summed E-state index contributed by atoms with van der Waals surface area (Å²) in [6, 6.07) is 12.3. The van der Waals surface area contributed by atoms with Gasteiger partial charge in [-0.25, -0.2) is 4.39 Å². The summed E-state index contributed by atoms with van der Waals surface area (Å²) in [6.45, 7) is 0. The second-order valence-corrected chi connectivity index (χ2v) is 4.31. The molecule has 0 fully saturated rings. The summed E-state index contributed by atoms with van der Waals surface area (Å²) in [6.07, 6.45) is 2.84. The number of nitrogens with zero attached hydrogens (tertiary/aromatic N) is 1. The van der Waals surface area contributed by atoms with Crippen LogP contribution in [0.1, 0.15) is 17.7 Å². The Morgan fingerprint density at radius 1 is 1.11 bits per heavy atom. The molecule has 2 rings (SSSR count). The Bertz CT molecular complexity index is 487. The zero-order chi connectivity index (χ0) is 12.8. The van der Waals surface area contributed by atoms with Crippen molar-refractivity contribution in [3.05, 3.63) is 65.7 Å². The molecule has 0 bridgehead atoms. The Hall–Kier alpha value is -1.74. The van der Waals surface area contributed by atoms with Crippen molar-refractivity contribution >= 4 is 0 Å². The van der Waals surface area contributed by atoms with E-state index >= 15 is 0 Å². The third-order valence-electron chi connectivity index (χ3n) is 2.87. The molecular formula is C15H16FNO. The van der Waals surface area contributed by atoms with Gasteiger partial charge >= 0.3 is 0 Å². The predicted octanol–water partition coefficient (Wildman–Crippen LogP) is 2.76. The van der Waals surface area contributed by atoms with Crippen LogP contribution in [0.3, 0.4) is 0 Å². The van der Waals surface area contributed by atoms with Crippen molar-refractivity contribution in [2.45, 2.75) is 25.4 Å². The highest BCUT2D eigenvalue weighted by Crippen LogP contribution is 2.12. The van der Waals surface area contributed by atoms with Crippen LogP contribution in [0.15, 0.2) is 48.7 Å². The first-order valence-corrected chi connectivity index (χ1v) is 6.07. The van der Waals surface area contributed by atoms with Gasteiger partial charge in [0, 0.05) is 18.3 Å². The van der Waals surface area contributed by atoms with E-state index in [1.807, 2.05) is 18.2 Å². The monoisotopic (exact) mass is 245 g/mol. The molecule has 3 heteroatoms. The quantitative estimate of drug-likeness (QED) is 0.878. The van der Waals surface area contributed by atoms with Crippen LogP contribution in [-0.2, 0) is 12.8 Å². The predicted molar refractivity (Wildman–Crippen MR) is 68.7 cm³/mol. The van der Waals surface area contributed by atoms with E-state index in [-0.39, 0.29) is 5.82 Å². The van der Waals surface area contributed by atoms with E-state index < -0.39 is 6.10 Å². The first-order chi connectivity index (χ1) is 8.75. The second-order valence-electron chi connectivity index (χ2n) is 4.31. The second kappa shape index (κ2) is 6.26. The van der Waals surface area contributed by atoms with Gasteiger partial charge in [0.05, 0.1) is 6.10 Å². The van der Waals surface area contributed by atoms with Crippen molar-refractivity contribution in [3.8, 4) is 0 Å². The number of pyridine rings is 1. The van der Waals surface area contributed by atoms with Gasteiger partial charge in [-0.15, -0.1) is 0 Å². The zero-order valence-corrected chi connectivity index (χ0v) is 10.1. The SMILES string of the molecule is OC(CCc1ccccn1)Cc1ccccc1F. The molecule has 0 saturated heterocycles. The summed E-state index contributed by atoms with van der Waals surface area (Å²) in [5, 5.41) is 9.89. The fourth-order valence-corrected chi connectivity index (χ4v) is 1.88. The fourth-order valence-electron chi connectivity index (χ4n) is 1.88. The molecule has 1 aromatic heterocycles. The van der Waals surface area contributed by atoms with Crippen LogP contribution in [0.4, 0.5) is 4.39 Å². The number of halogens is 1. The van der Waals surface area contributed by atoms with Gasteiger partial charge in [0.15, 0.2) is 0 Å². The summed E-state index contributed by atoms with van der Waals surface area (Å²) in [7, 11) is 0. The Morgan fingerprint density at radius 3 is 2.61 bits per heavy atom. The van der Waals surface area contributed by atoms with Gasteiger partial charge in [0.25, 0.3) is 0 Å². The van der Waals surface area contributed by atoms with Gasteiger partial charge < -0.3 is 5.11 Å². The number of benzene rings is 1. The lowest BCUT2D eigenvalue weighted by molar-refractivity contribution is 0.163. The number of hydrogen-bond acceptors (Lipinski definition) is 2. The Balaban J connectivity index is 1.86. The van der Waals surface area contributed by atoms with Crippen molar-refractivity contribution in [3.63, 3.8) is 0 Å². The standard InChI is InChI=1S/C15H16FNO/c16-15-7-2-1-5-12(15)11-14(18)9-8-13-6-3-4-10-17-13/h1-7,10,14,18H,8-9,11H2. The van der Waals surface area contributed by atoms with Gasteiger partial charge in [-0.05, 0) is 36.6 Å². The van der Waals surface area contributed by atoms with Crippen LogP contribution < -0.4 is 0 Å². The van der Waals surface area contributed by atoms with Crippen LogP contribution in [0, 0.1) is 5.82 Å². The number of rotatable bonds is 5. The summed E-state index contributed by atoms with van der Waals surface area (Å²) >= 11 is 0. The summed E-state index contributed by atoms with van der Waals surface area (Å²) < 4.78 is 13.4. The fraction of sp³-hybridized carbons (Fsp3) is 0.267. The minimum absolute atomic E-state index is 0.255. The lowest BCUT2D eigenvalue weighted by Crippen LogP contribution is -2.13. The van der Waals surface area contributed by atoms with E-state index in [2.05, 4.69) is 4.98 Å². The molecule has 94 valence electrons. The van der Waals surface area contributed by atoms with Crippen molar-refractivity contribution in [2.24, 2.45) is 0 Å². The number of aliphatic hydroxyl groups excluding tert-OH is 1. The molecule has 0 aliphatic carbocycles. The van der Waals surface area contributed by atoms with Crippen molar-refractivity contribution in [2.75, 3.05) is 0 Å². The van der Waals surface area contributed by atoms with E-state index in [1.165, 1.54) is 6.07 Å². The van der Waals surface area contributed by atoms with Crippen molar-refractivity contribution in [1.29, 1.82) is 0 Å². The molecule has 0 spiro atoms. The highest BCUT2D eigenvalue weighted by Gasteiger charge is 2.09. The van der Waals surface area contributed by atoms with Crippen LogP contribution in [0.25, 0.3) is 0 Å². The van der Waals surface area contributed by atoms with Crippen molar-refractivity contribution in [1.82, 2.24) is 4.98 Å². The summed E-state index contributed by atoms with van der Waals surface area (Å²) in [5.74, 6) is -0.255. The third kappa shape index (κ3) is 3.64. The Labute approximate surface area is 106 Å². The average molecular weight is 245 g/mol. The normalized spacial score (nSPS) is 12.3. The Morgan fingerprint density at radius 2 is 1.89 bits per heavy atom. The molecule has 0 aliphatic rings. The number of aryl methyl sites for hydroxylation is 1. The van der Waals surface area contributed by atoms with Gasteiger partial charge in [-0.2, -0.15) is 0 Å². The van der Waals surface area contributed by atoms with Crippen LogP contribution in [0.2, 0.25) is 0 Å². The van der Waals surface area contributed by atoms with E-state index in [0.717, 1.165) is 5.69 Å². The van der Waals surface area contributed by atoms with Gasteiger partial charge in [-0.3, -0.25) is 4.98 Å². The Kier molecular flexibility index (Phi) is 4.42. The zero-order valence-electron chi connectivity index (χ0n) is 10.1. The first kappa shape index (κ1) is 12.7. The van der Waals surface area contributed by atoms with Crippen molar-refractivity contribution < 1.29 is 9.50 Å². The lowest BCUT2D eigenvalue weighted by Gasteiger charge is -2.10. The average Bonchev–Trinajstić information content (AvgIpc) is 2.40. The summed E-state index contributed by atoms with van der Waals surface area (Å²) in [5.41, 5.74) is 1.51. The maximum Gasteiger partial charge on any atom is 0.126 e. The maximum absolute atomic E-state index is 13.4. The minimum Gasteiger partial charge on any atom is -0.393 e. The van der Waals surface area contributed by atoms with Gasteiger partial charge in [-0.1, -0.05) is 24.3 Å². The molecule has 0 radical (unpaired) electrons. The molecule has 1 atom stereocenters. The van der Waals surface area contributed by atoms with E-state index in [1.54, 1.807) is 24.4 Å². The molecule has 1 N–H and O–H groups in total. The maximum atomic E-state index is 13.4. The molecule has 0 amide bonds. The van der Waals surface area contributed by atoms with E-state index in [4.69, 9.17) is 0 Å². The molecular weight excluding hydrogens is 229 g/mol. The summed E-state index contributed by atoms with van der Waals surface area (Å²) in [4.78, 5) is 4.19. The van der Waals surface area contributed by atoms with E-state index in [9.17, 15) is 9.50 Å². The van der Waals surface area contributed by atoms with Crippen LogP contribution >= 0.6 is 0 Å². The molecule has 1 heterocycles. The largest absolute Gasteiger partial charge is 0.393 e. The van der Waals surface area contributed by atoms with Gasteiger partial charge in [0.1, 0.15) is 5.82 Å². The van der Waals surface area contributed by atoms with Gasteiger partial charge in [0.2, 0.25) is 0 Å². The van der Waals surface area contributed by atoms with Crippen LogP contribution in [-0.4, -0.2) is 16.2 Å². The molecule has 0 aliphatic heterocycles. The molecule has 1 unspecified atom stereocenters. The van der Waals surface area contributed by atoms with E-state index in [0.29, 0.717) is 24.8 Å². The molecule has 0 saturated carbocycles. The first-order valence-electron chi connectivity index (χ1n) is 6.07. The number of hydrogen-bond donors (Lipinski definition) is 1. The third-order valence-corrected chi connectivity index (χ3v) is 2.87. The number of aromatic nitrogens is 1. The highest BCUT2D eigenvalue weighted by atomic mass is 19.1. The smallest absolute Gasteiger partial charge is 0.126 e.